The molecule has 6 rings (SSSR count). The number of aromatic nitrogens is 2. The molecule has 284 valence electrons. The molecule has 0 unspecified atom stereocenters. The second-order valence-corrected chi connectivity index (χ2v) is 14.7. The number of H-pyrrole nitrogens is 1. The predicted molar refractivity (Wildman–Crippen MR) is 226 cm³/mol. The first-order valence-corrected chi connectivity index (χ1v) is 19.5. The normalized spacial score (nSPS) is 11.4. The summed E-state index contributed by atoms with van der Waals surface area (Å²) >= 11 is 0. The molecule has 8 heteroatoms. The van der Waals surface area contributed by atoms with Crippen LogP contribution in [0.2, 0.25) is 0 Å². The number of nitrogens with zero attached hydrogens (tertiary/aromatic N) is 3. The van der Waals surface area contributed by atoms with Gasteiger partial charge in [0.2, 0.25) is 0 Å². The van der Waals surface area contributed by atoms with Gasteiger partial charge in [-0.25, -0.2) is 9.78 Å². The molecule has 0 saturated heterocycles. The SMILES string of the molecule is CCN(CCOc1cccc(-c2cc(C(C)C)c(NC(=O)N(CCCc3ccccc3)c3cc4cccnc4[nH]c3=O)c(C(C)C)c2)c1)Cc1ccccc1. The number of anilines is 2. The quantitative estimate of drug-likeness (QED) is 0.103. The average molecular weight is 736 g/mol. The zero-order valence-electron chi connectivity index (χ0n) is 32.7. The first-order chi connectivity index (χ1) is 26.7. The highest BCUT2D eigenvalue weighted by Crippen LogP contribution is 2.38. The van der Waals surface area contributed by atoms with Crippen LogP contribution in [0.15, 0.2) is 126 Å². The van der Waals surface area contributed by atoms with Crippen molar-refractivity contribution in [1.82, 2.24) is 14.9 Å². The van der Waals surface area contributed by atoms with Crippen molar-refractivity contribution in [3.05, 3.63) is 154 Å². The Hall–Kier alpha value is -5.73. The Morgan fingerprint density at radius 2 is 1.47 bits per heavy atom. The molecular formula is C47H53N5O3. The smallest absolute Gasteiger partial charge is 0.326 e. The summed E-state index contributed by atoms with van der Waals surface area (Å²) in [5.41, 5.74) is 7.86. The lowest BCUT2D eigenvalue weighted by molar-refractivity contribution is 0.210. The van der Waals surface area contributed by atoms with Crippen LogP contribution in [-0.2, 0) is 13.0 Å². The minimum Gasteiger partial charge on any atom is -0.492 e. The number of hydrogen-bond acceptors (Lipinski definition) is 5. The Morgan fingerprint density at radius 1 is 0.782 bits per heavy atom. The fourth-order valence-corrected chi connectivity index (χ4v) is 6.97. The molecule has 0 saturated carbocycles. The van der Waals surface area contributed by atoms with Crippen molar-refractivity contribution in [3.8, 4) is 16.9 Å². The van der Waals surface area contributed by atoms with E-state index in [1.165, 1.54) is 11.1 Å². The molecule has 0 spiro atoms. The van der Waals surface area contributed by atoms with E-state index in [-0.39, 0.29) is 23.4 Å². The lowest BCUT2D eigenvalue weighted by Gasteiger charge is -2.27. The van der Waals surface area contributed by atoms with Gasteiger partial charge in [-0.05, 0) is 107 Å². The van der Waals surface area contributed by atoms with Crippen molar-refractivity contribution in [2.24, 2.45) is 0 Å². The van der Waals surface area contributed by atoms with Gasteiger partial charge in [-0.15, -0.1) is 0 Å². The predicted octanol–water partition coefficient (Wildman–Crippen LogP) is 10.4. The number of aromatic amines is 1. The monoisotopic (exact) mass is 735 g/mol. The van der Waals surface area contributed by atoms with E-state index in [0.29, 0.717) is 30.9 Å². The maximum atomic E-state index is 14.5. The van der Waals surface area contributed by atoms with Crippen LogP contribution in [0.25, 0.3) is 22.2 Å². The van der Waals surface area contributed by atoms with Crippen LogP contribution in [0, 0.1) is 0 Å². The molecule has 0 bridgehead atoms. The van der Waals surface area contributed by atoms with E-state index >= 15 is 0 Å². The minimum absolute atomic E-state index is 0.110. The largest absolute Gasteiger partial charge is 0.492 e. The molecule has 0 aliphatic heterocycles. The molecule has 8 nitrogen and oxygen atoms in total. The maximum Gasteiger partial charge on any atom is 0.326 e. The number of pyridine rings is 2. The number of amides is 2. The summed E-state index contributed by atoms with van der Waals surface area (Å²) in [6.45, 7) is 14.4. The summed E-state index contributed by atoms with van der Waals surface area (Å²) in [4.78, 5) is 39.2. The van der Waals surface area contributed by atoms with Crippen LogP contribution in [-0.4, -0.2) is 47.1 Å². The second-order valence-electron chi connectivity index (χ2n) is 14.7. The van der Waals surface area contributed by atoms with Gasteiger partial charge in [-0.2, -0.15) is 0 Å². The fourth-order valence-electron chi connectivity index (χ4n) is 6.97. The van der Waals surface area contributed by atoms with Crippen molar-refractivity contribution in [1.29, 1.82) is 0 Å². The highest BCUT2D eigenvalue weighted by molar-refractivity contribution is 6.03. The van der Waals surface area contributed by atoms with E-state index in [2.05, 4.69) is 115 Å². The Labute approximate surface area is 325 Å². The van der Waals surface area contributed by atoms with E-state index in [9.17, 15) is 9.59 Å². The zero-order chi connectivity index (χ0) is 38.7. The van der Waals surface area contributed by atoms with Crippen molar-refractivity contribution in [2.45, 2.75) is 65.8 Å². The number of urea groups is 1. The molecule has 0 fully saturated rings. The molecule has 2 N–H and O–H groups in total. The number of nitrogens with one attached hydrogen (secondary N) is 2. The van der Waals surface area contributed by atoms with E-state index in [4.69, 9.17) is 4.74 Å². The maximum absolute atomic E-state index is 14.5. The van der Waals surface area contributed by atoms with Crippen LogP contribution in [0.4, 0.5) is 16.2 Å². The molecule has 0 radical (unpaired) electrons. The van der Waals surface area contributed by atoms with Crippen LogP contribution in [0.5, 0.6) is 5.75 Å². The van der Waals surface area contributed by atoms with Crippen LogP contribution in [0.3, 0.4) is 0 Å². The summed E-state index contributed by atoms with van der Waals surface area (Å²) in [7, 11) is 0. The second kappa shape index (κ2) is 18.5. The molecule has 0 aliphatic rings. The fraction of sp³-hybridized carbons (Fsp3) is 0.298. The lowest BCUT2D eigenvalue weighted by Crippen LogP contribution is -2.39. The number of rotatable bonds is 16. The summed E-state index contributed by atoms with van der Waals surface area (Å²) in [5, 5.41) is 4.06. The van der Waals surface area contributed by atoms with Gasteiger partial charge >= 0.3 is 6.03 Å². The van der Waals surface area contributed by atoms with E-state index in [1.807, 2.05) is 48.5 Å². The summed E-state index contributed by atoms with van der Waals surface area (Å²) in [6, 6.07) is 38.5. The molecule has 2 heterocycles. The third kappa shape index (κ3) is 10.1. The number of likely N-dealkylation sites (N-methyl/N-ethyl adjacent to an activating group) is 1. The molecule has 2 aromatic heterocycles. The van der Waals surface area contributed by atoms with Crippen LogP contribution < -0.4 is 20.5 Å². The third-order valence-corrected chi connectivity index (χ3v) is 10.0. The number of ether oxygens (including phenoxy) is 1. The third-order valence-electron chi connectivity index (χ3n) is 10.0. The highest BCUT2D eigenvalue weighted by Gasteiger charge is 2.24. The van der Waals surface area contributed by atoms with Gasteiger partial charge in [0.25, 0.3) is 5.56 Å². The first-order valence-electron chi connectivity index (χ1n) is 19.5. The lowest BCUT2D eigenvalue weighted by atomic mass is 9.88. The van der Waals surface area contributed by atoms with Gasteiger partial charge in [0, 0.05) is 36.9 Å². The van der Waals surface area contributed by atoms with Crippen molar-refractivity contribution in [3.63, 3.8) is 0 Å². The number of benzene rings is 4. The van der Waals surface area contributed by atoms with Gasteiger partial charge in [-0.3, -0.25) is 14.6 Å². The summed E-state index contributed by atoms with van der Waals surface area (Å²) < 4.78 is 6.30. The Kier molecular flexibility index (Phi) is 13.1. The van der Waals surface area contributed by atoms with Gasteiger partial charge in [0.1, 0.15) is 23.7 Å². The van der Waals surface area contributed by atoms with Gasteiger partial charge in [0.05, 0.1) is 0 Å². The first kappa shape index (κ1) is 39.0. The molecule has 55 heavy (non-hydrogen) atoms. The minimum atomic E-state index is -0.356. The number of hydrogen-bond donors (Lipinski definition) is 2. The highest BCUT2D eigenvalue weighted by atomic mass is 16.5. The van der Waals surface area contributed by atoms with Gasteiger partial charge in [0.15, 0.2) is 0 Å². The molecule has 4 aromatic carbocycles. The van der Waals surface area contributed by atoms with Gasteiger partial charge < -0.3 is 15.0 Å². The average Bonchev–Trinajstić information content (AvgIpc) is 3.19. The number of fused-ring (bicyclic) bond motifs is 1. The van der Waals surface area contributed by atoms with Crippen LogP contribution in [0.1, 0.15) is 75.1 Å². The van der Waals surface area contributed by atoms with Gasteiger partial charge in [-0.1, -0.05) is 107 Å². The molecule has 6 aromatic rings. The summed E-state index contributed by atoms with van der Waals surface area (Å²) in [6.07, 6.45) is 3.09. The Balaban J connectivity index is 1.26. The van der Waals surface area contributed by atoms with Crippen molar-refractivity contribution < 1.29 is 9.53 Å². The Bertz CT molecular complexity index is 2200. The topological polar surface area (TPSA) is 90.6 Å². The van der Waals surface area contributed by atoms with Crippen molar-refractivity contribution >= 4 is 28.4 Å². The summed E-state index contributed by atoms with van der Waals surface area (Å²) in [5.74, 6) is 1.04. The van der Waals surface area contributed by atoms with Crippen LogP contribution >= 0.6 is 0 Å². The Morgan fingerprint density at radius 3 is 2.15 bits per heavy atom. The standard InChI is InChI=1S/C47H53N5O3/c1-6-51(32-36-18-11-8-12-19-36)26-27-55-40-23-13-21-37(28-40)39-29-41(33(2)3)44(42(30-39)34(4)5)49-47(54)52(25-15-20-35-16-9-7-10-17-35)43-31-38-22-14-24-48-45(38)50-46(43)53/h7-14,16-19,21-24,28-31,33-34H,6,15,20,25-27,32H2,1-5H3,(H,49,54)(H,48,50,53). The molecule has 2 amide bonds. The number of carbonyl (C=O) groups excluding carboxylic acids is 1. The van der Waals surface area contributed by atoms with E-state index in [0.717, 1.165) is 65.1 Å². The van der Waals surface area contributed by atoms with E-state index in [1.54, 1.807) is 17.2 Å². The van der Waals surface area contributed by atoms with Crippen molar-refractivity contribution in [2.75, 3.05) is 36.5 Å². The molecular weight excluding hydrogens is 683 g/mol. The van der Waals surface area contributed by atoms with E-state index < -0.39 is 0 Å². The molecule has 0 atom stereocenters. The molecule has 0 aliphatic carbocycles. The zero-order valence-corrected chi connectivity index (χ0v) is 32.7. The number of aryl methyl sites for hydroxylation is 1. The number of carbonyl (C=O) groups is 1.